The summed E-state index contributed by atoms with van der Waals surface area (Å²) in [6.45, 7) is 3.05. The lowest BCUT2D eigenvalue weighted by atomic mass is 10.1. The molecule has 0 aromatic carbocycles. The molecule has 1 aromatic heterocycles. The Hall–Kier alpha value is -1.13. The van der Waals surface area contributed by atoms with Gasteiger partial charge in [-0.3, -0.25) is 0 Å². The van der Waals surface area contributed by atoms with Crippen molar-refractivity contribution in [3.05, 3.63) is 0 Å². The zero-order chi connectivity index (χ0) is 10.2. The van der Waals surface area contributed by atoms with Crippen LogP contribution in [0.25, 0.3) is 0 Å². The van der Waals surface area contributed by atoms with E-state index in [0.717, 1.165) is 13.0 Å². The second kappa shape index (κ2) is 6.34. The molecule has 0 radical (unpaired) electrons. The van der Waals surface area contributed by atoms with Crippen LogP contribution in [0.2, 0.25) is 0 Å². The van der Waals surface area contributed by atoms with Gasteiger partial charge in [0.15, 0.2) is 0 Å². The zero-order valence-electron chi connectivity index (χ0n) is 8.82. The van der Waals surface area contributed by atoms with Crippen molar-refractivity contribution in [1.82, 2.24) is 20.2 Å². The smallest absolute Gasteiger partial charge is 0.260 e. The van der Waals surface area contributed by atoms with Crippen molar-refractivity contribution < 1.29 is 0 Å². The topological polar surface area (TPSA) is 69.6 Å². The molecule has 1 heterocycles. The van der Waals surface area contributed by atoms with Gasteiger partial charge in [0.1, 0.15) is 0 Å². The van der Waals surface area contributed by atoms with E-state index in [1.54, 1.807) is 4.80 Å². The average molecular weight is 197 g/mol. The Morgan fingerprint density at radius 2 is 1.86 bits per heavy atom. The zero-order valence-corrected chi connectivity index (χ0v) is 8.82. The molecule has 14 heavy (non-hydrogen) atoms. The molecule has 0 amide bonds. The fourth-order valence-electron chi connectivity index (χ4n) is 1.38. The molecule has 0 aliphatic heterocycles. The molecular weight excluding hydrogens is 178 g/mol. The first-order valence-electron chi connectivity index (χ1n) is 5.36. The lowest BCUT2D eigenvalue weighted by molar-refractivity contribution is 0.475. The SMILES string of the molecule is CCCCCCCCn1nnc(N)n1. The van der Waals surface area contributed by atoms with Crippen LogP contribution in [0.15, 0.2) is 0 Å². The molecule has 0 bridgehead atoms. The van der Waals surface area contributed by atoms with Gasteiger partial charge in [-0.2, -0.15) is 4.80 Å². The number of aryl methyl sites for hydroxylation is 1. The highest BCUT2D eigenvalue weighted by molar-refractivity contribution is 5.06. The molecular formula is C9H19N5. The molecule has 0 unspecified atom stereocenters. The molecule has 1 aromatic rings. The van der Waals surface area contributed by atoms with Gasteiger partial charge in [0.25, 0.3) is 5.95 Å². The highest BCUT2D eigenvalue weighted by Gasteiger charge is 1.96. The summed E-state index contributed by atoms with van der Waals surface area (Å²) in [5.74, 6) is 0.260. The van der Waals surface area contributed by atoms with E-state index in [1.807, 2.05) is 0 Å². The van der Waals surface area contributed by atoms with Crippen LogP contribution in [0.4, 0.5) is 5.95 Å². The third-order valence-corrected chi connectivity index (χ3v) is 2.18. The maximum Gasteiger partial charge on any atom is 0.260 e. The normalized spacial score (nSPS) is 10.6. The third kappa shape index (κ3) is 4.20. The summed E-state index contributed by atoms with van der Waals surface area (Å²) >= 11 is 0. The van der Waals surface area contributed by atoms with Crippen LogP contribution in [0, 0.1) is 0 Å². The van der Waals surface area contributed by atoms with Crippen LogP contribution < -0.4 is 5.73 Å². The first-order chi connectivity index (χ1) is 6.83. The Labute approximate surface area is 84.7 Å². The van der Waals surface area contributed by atoms with E-state index >= 15 is 0 Å². The van der Waals surface area contributed by atoms with Crippen LogP contribution in [-0.2, 0) is 6.54 Å². The third-order valence-electron chi connectivity index (χ3n) is 2.18. The molecule has 80 valence electrons. The number of anilines is 1. The number of hydrogen-bond acceptors (Lipinski definition) is 4. The van der Waals surface area contributed by atoms with Gasteiger partial charge in [0.05, 0.1) is 6.54 Å². The molecule has 0 saturated heterocycles. The lowest BCUT2D eigenvalue weighted by Gasteiger charge is -1.99. The molecule has 2 N–H and O–H groups in total. The van der Waals surface area contributed by atoms with Gasteiger partial charge in [-0.25, -0.2) is 0 Å². The lowest BCUT2D eigenvalue weighted by Crippen LogP contribution is -2.02. The van der Waals surface area contributed by atoms with Crippen molar-refractivity contribution in [2.75, 3.05) is 5.73 Å². The molecule has 0 aliphatic rings. The first kappa shape index (κ1) is 10.9. The predicted molar refractivity (Wildman–Crippen MR) is 55.6 cm³/mol. The minimum atomic E-state index is 0.260. The fourth-order valence-corrected chi connectivity index (χ4v) is 1.38. The van der Waals surface area contributed by atoms with Gasteiger partial charge >= 0.3 is 0 Å². The van der Waals surface area contributed by atoms with Crippen molar-refractivity contribution in [3.63, 3.8) is 0 Å². The van der Waals surface area contributed by atoms with Crippen LogP contribution in [0.1, 0.15) is 45.4 Å². The van der Waals surface area contributed by atoms with E-state index in [1.165, 1.54) is 32.1 Å². The minimum absolute atomic E-state index is 0.260. The summed E-state index contributed by atoms with van der Waals surface area (Å²) in [4.78, 5) is 1.56. The summed E-state index contributed by atoms with van der Waals surface area (Å²) in [5, 5.41) is 11.3. The summed E-state index contributed by atoms with van der Waals surface area (Å²) in [6, 6.07) is 0. The summed E-state index contributed by atoms with van der Waals surface area (Å²) in [6.07, 6.45) is 7.62. The van der Waals surface area contributed by atoms with Gasteiger partial charge in [-0.1, -0.05) is 44.1 Å². The number of aromatic nitrogens is 4. The summed E-state index contributed by atoms with van der Waals surface area (Å²) in [7, 11) is 0. The molecule has 0 saturated carbocycles. The van der Waals surface area contributed by atoms with E-state index in [-0.39, 0.29) is 5.95 Å². The molecule has 5 heteroatoms. The standard InChI is InChI=1S/C9H19N5/c1-2-3-4-5-6-7-8-14-12-9(10)11-13-14/h2-8H2,1H3,(H2,10,12). The number of hydrogen-bond donors (Lipinski definition) is 1. The molecule has 5 nitrogen and oxygen atoms in total. The number of rotatable bonds is 7. The van der Waals surface area contributed by atoms with E-state index in [9.17, 15) is 0 Å². The van der Waals surface area contributed by atoms with Crippen LogP contribution in [0.5, 0.6) is 0 Å². The number of nitrogen functional groups attached to an aromatic ring is 1. The van der Waals surface area contributed by atoms with E-state index in [4.69, 9.17) is 5.73 Å². The van der Waals surface area contributed by atoms with Gasteiger partial charge in [0, 0.05) is 0 Å². The van der Waals surface area contributed by atoms with Gasteiger partial charge in [-0.15, -0.1) is 5.10 Å². The Morgan fingerprint density at radius 3 is 2.50 bits per heavy atom. The molecule has 0 spiro atoms. The highest BCUT2D eigenvalue weighted by atomic mass is 15.6. The molecule has 1 rings (SSSR count). The maximum absolute atomic E-state index is 5.34. The molecule has 0 fully saturated rings. The van der Waals surface area contributed by atoms with Crippen molar-refractivity contribution in [2.45, 2.75) is 52.0 Å². The molecule has 0 aliphatic carbocycles. The fraction of sp³-hybridized carbons (Fsp3) is 0.889. The number of tetrazole rings is 1. The van der Waals surface area contributed by atoms with E-state index < -0.39 is 0 Å². The Bertz CT molecular complexity index is 245. The van der Waals surface area contributed by atoms with Crippen molar-refractivity contribution in [1.29, 1.82) is 0 Å². The van der Waals surface area contributed by atoms with Crippen LogP contribution >= 0.6 is 0 Å². The molecule has 0 atom stereocenters. The summed E-state index contributed by atoms with van der Waals surface area (Å²) < 4.78 is 0. The van der Waals surface area contributed by atoms with Crippen molar-refractivity contribution in [2.24, 2.45) is 0 Å². The average Bonchev–Trinajstić information content (AvgIpc) is 2.58. The Kier molecular flexibility index (Phi) is 4.96. The van der Waals surface area contributed by atoms with Gasteiger partial charge in [0.2, 0.25) is 0 Å². The van der Waals surface area contributed by atoms with Crippen molar-refractivity contribution >= 4 is 5.95 Å². The maximum atomic E-state index is 5.34. The number of unbranched alkanes of at least 4 members (excludes halogenated alkanes) is 5. The summed E-state index contributed by atoms with van der Waals surface area (Å²) in [5.41, 5.74) is 5.34. The predicted octanol–water partition coefficient (Wildman–Crippen LogP) is 1.62. The Morgan fingerprint density at radius 1 is 1.14 bits per heavy atom. The second-order valence-electron chi connectivity index (χ2n) is 3.51. The van der Waals surface area contributed by atoms with Crippen LogP contribution in [-0.4, -0.2) is 20.2 Å². The van der Waals surface area contributed by atoms with E-state index in [0.29, 0.717) is 0 Å². The van der Waals surface area contributed by atoms with E-state index in [2.05, 4.69) is 22.3 Å². The van der Waals surface area contributed by atoms with Crippen LogP contribution in [0.3, 0.4) is 0 Å². The largest absolute Gasteiger partial charge is 0.365 e. The van der Waals surface area contributed by atoms with Gasteiger partial charge < -0.3 is 5.73 Å². The minimum Gasteiger partial charge on any atom is -0.365 e. The number of nitrogens with zero attached hydrogens (tertiary/aromatic N) is 4. The monoisotopic (exact) mass is 197 g/mol. The quantitative estimate of drug-likeness (QED) is 0.674. The first-order valence-corrected chi connectivity index (χ1v) is 5.36. The second-order valence-corrected chi connectivity index (χ2v) is 3.51. The Balaban J connectivity index is 1.99. The number of nitrogens with two attached hydrogens (primary N) is 1. The van der Waals surface area contributed by atoms with Crippen molar-refractivity contribution in [3.8, 4) is 0 Å². The highest BCUT2D eigenvalue weighted by Crippen LogP contribution is 2.05. The van der Waals surface area contributed by atoms with Gasteiger partial charge in [-0.05, 0) is 11.6 Å².